The minimum Gasteiger partial charge on any atom is -0.488 e. The number of halogens is 2. The zero-order chi connectivity index (χ0) is 13.2. The number of rotatable bonds is 3. The fourth-order valence-electron chi connectivity index (χ4n) is 1.87. The molecule has 3 aromatic rings. The van der Waals surface area contributed by atoms with Crippen molar-refractivity contribution in [2.75, 3.05) is 0 Å². The monoisotopic (exact) mass is 396 g/mol. The molecule has 1 aromatic heterocycles. The van der Waals surface area contributed by atoms with Crippen molar-refractivity contribution in [3.8, 4) is 5.75 Å². The molecule has 3 rings (SSSR count). The van der Waals surface area contributed by atoms with Gasteiger partial charge in [-0.3, -0.25) is 0 Å². The molecule has 0 bridgehead atoms. The van der Waals surface area contributed by atoms with Crippen LogP contribution in [0.4, 0.5) is 0 Å². The van der Waals surface area contributed by atoms with E-state index in [9.17, 15) is 0 Å². The second kappa shape index (κ2) is 5.65. The topological polar surface area (TPSA) is 9.23 Å². The molecule has 0 aliphatic rings. The van der Waals surface area contributed by atoms with Crippen LogP contribution in [0, 0.1) is 0 Å². The molecule has 0 spiro atoms. The third kappa shape index (κ3) is 3.19. The first-order valence-corrected chi connectivity index (χ1v) is 8.22. The molecular weight excluding hydrogens is 388 g/mol. The summed E-state index contributed by atoms with van der Waals surface area (Å²) in [6, 6.07) is 14.5. The number of fused-ring (bicyclic) bond motifs is 1. The predicted molar refractivity (Wildman–Crippen MR) is 88.0 cm³/mol. The standard InChI is InChI=1S/C15H10Br2OS/c16-12-3-1-11-6-14(4-2-10(11)5-12)18-8-15-7-13(17)9-19-15/h1-7,9H,8H2. The van der Waals surface area contributed by atoms with E-state index in [0.717, 1.165) is 14.7 Å². The summed E-state index contributed by atoms with van der Waals surface area (Å²) in [5, 5.41) is 4.46. The smallest absolute Gasteiger partial charge is 0.122 e. The van der Waals surface area contributed by atoms with Gasteiger partial charge in [0, 0.05) is 19.2 Å². The molecule has 0 aliphatic heterocycles. The Labute approximate surface area is 132 Å². The van der Waals surface area contributed by atoms with Gasteiger partial charge >= 0.3 is 0 Å². The molecule has 1 heterocycles. The Bertz CT molecular complexity index is 721. The Hall–Kier alpha value is -0.840. The summed E-state index contributed by atoms with van der Waals surface area (Å²) in [4.78, 5) is 1.21. The van der Waals surface area contributed by atoms with Crippen molar-refractivity contribution in [2.45, 2.75) is 6.61 Å². The zero-order valence-corrected chi connectivity index (χ0v) is 13.9. The number of benzene rings is 2. The molecule has 0 radical (unpaired) electrons. The molecule has 0 fully saturated rings. The molecule has 1 nitrogen and oxygen atoms in total. The Balaban J connectivity index is 1.79. The van der Waals surface area contributed by atoms with E-state index in [4.69, 9.17) is 4.74 Å². The maximum Gasteiger partial charge on any atom is 0.122 e. The van der Waals surface area contributed by atoms with E-state index in [1.54, 1.807) is 11.3 Å². The van der Waals surface area contributed by atoms with Crippen LogP contribution in [-0.4, -0.2) is 0 Å². The molecule has 0 unspecified atom stereocenters. The minimum atomic E-state index is 0.609. The number of thiophene rings is 1. The maximum absolute atomic E-state index is 5.82. The summed E-state index contributed by atoms with van der Waals surface area (Å²) in [6.45, 7) is 0.609. The van der Waals surface area contributed by atoms with Crippen LogP contribution in [-0.2, 0) is 6.61 Å². The normalized spacial score (nSPS) is 10.8. The van der Waals surface area contributed by atoms with Gasteiger partial charge in [0.2, 0.25) is 0 Å². The number of hydrogen-bond donors (Lipinski definition) is 0. The van der Waals surface area contributed by atoms with Crippen LogP contribution < -0.4 is 4.74 Å². The van der Waals surface area contributed by atoms with Gasteiger partial charge in [-0.2, -0.15) is 0 Å². The summed E-state index contributed by atoms with van der Waals surface area (Å²) in [7, 11) is 0. The molecule has 0 aliphatic carbocycles. The first kappa shape index (κ1) is 13.2. The Morgan fingerprint density at radius 2 is 1.68 bits per heavy atom. The van der Waals surface area contributed by atoms with Crippen LogP contribution in [0.1, 0.15) is 4.88 Å². The van der Waals surface area contributed by atoms with Gasteiger partial charge < -0.3 is 4.74 Å². The van der Waals surface area contributed by atoms with E-state index in [-0.39, 0.29) is 0 Å². The molecule has 19 heavy (non-hydrogen) atoms. The molecule has 4 heteroatoms. The summed E-state index contributed by atoms with van der Waals surface area (Å²) in [5.74, 6) is 0.902. The van der Waals surface area contributed by atoms with Gasteiger partial charge in [0.15, 0.2) is 0 Å². The third-order valence-corrected chi connectivity index (χ3v) is 4.94. The fourth-order valence-corrected chi connectivity index (χ4v) is 3.61. The molecule has 96 valence electrons. The van der Waals surface area contributed by atoms with Gasteiger partial charge in [0.1, 0.15) is 12.4 Å². The van der Waals surface area contributed by atoms with Gasteiger partial charge in [-0.15, -0.1) is 11.3 Å². The van der Waals surface area contributed by atoms with E-state index < -0.39 is 0 Å². The van der Waals surface area contributed by atoms with Crippen molar-refractivity contribution in [1.29, 1.82) is 0 Å². The highest BCUT2D eigenvalue weighted by atomic mass is 79.9. The Kier molecular flexibility index (Phi) is 3.91. The maximum atomic E-state index is 5.82. The highest BCUT2D eigenvalue weighted by Crippen LogP contribution is 2.26. The Morgan fingerprint density at radius 3 is 2.47 bits per heavy atom. The van der Waals surface area contributed by atoms with Crippen molar-refractivity contribution >= 4 is 54.0 Å². The largest absolute Gasteiger partial charge is 0.488 e. The quantitative estimate of drug-likeness (QED) is 0.526. The second-order valence-electron chi connectivity index (χ2n) is 4.17. The van der Waals surface area contributed by atoms with Crippen molar-refractivity contribution in [3.63, 3.8) is 0 Å². The van der Waals surface area contributed by atoms with Crippen LogP contribution in [0.15, 0.2) is 56.8 Å². The van der Waals surface area contributed by atoms with Gasteiger partial charge in [-0.1, -0.05) is 28.1 Å². The lowest BCUT2D eigenvalue weighted by molar-refractivity contribution is 0.310. The molecule has 0 saturated heterocycles. The highest BCUT2D eigenvalue weighted by Gasteiger charge is 2.01. The summed E-state index contributed by atoms with van der Waals surface area (Å²) in [5.41, 5.74) is 0. The lowest BCUT2D eigenvalue weighted by Crippen LogP contribution is -1.92. The zero-order valence-electron chi connectivity index (χ0n) is 9.90. The molecule has 0 atom stereocenters. The average Bonchev–Trinajstić information content (AvgIpc) is 2.82. The van der Waals surface area contributed by atoms with Gasteiger partial charge in [-0.25, -0.2) is 0 Å². The predicted octanol–water partition coefficient (Wildman–Crippen LogP) is 6.01. The number of hydrogen-bond acceptors (Lipinski definition) is 2. The summed E-state index contributed by atoms with van der Waals surface area (Å²) >= 11 is 8.62. The van der Waals surface area contributed by atoms with Crippen molar-refractivity contribution < 1.29 is 4.74 Å². The van der Waals surface area contributed by atoms with Crippen LogP contribution in [0.5, 0.6) is 5.75 Å². The second-order valence-corrected chi connectivity index (χ2v) is 7.00. The van der Waals surface area contributed by atoms with Crippen molar-refractivity contribution in [2.24, 2.45) is 0 Å². The van der Waals surface area contributed by atoms with Crippen molar-refractivity contribution in [3.05, 3.63) is 61.7 Å². The van der Waals surface area contributed by atoms with Crippen LogP contribution in [0.25, 0.3) is 10.8 Å². The lowest BCUT2D eigenvalue weighted by atomic mass is 10.1. The van der Waals surface area contributed by atoms with Crippen LogP contribution in [0.2, 0.25) is 0 Å². The van der Waals surface area contributed by atoms with E-state index in [0.29, 0.717) is 6.61 Å². The first-order valence-electron chi connectivity index (χ1n) is 5.76. The molecular formula is C15H10Br2OS. The van der Waals surface area contributed by atoms with E-state index in [2.05, 4.69) is 67.6 Å². The Morgan fingerprint density at radius 1 is 0.895 bits per heavy atom. The minimum absolute atomic E-state index is 0.609. The van der Waals surface area contributed by atoms with Crippen LogP contribution >= 0.6 is 43.2 Å². The van der Waals surface area contributed by atoms with Gasteiger partial charge in [0.25, 0.3) is 0 Å². The van der Waals surface area contributed by atoms with Crippen LogP contribution in [0.3, 0.4) is 0 Å². The van der Waals surface area contributed by atoms with Gasteiger partial charge in [-0.05, 0) is 57.0 Å². The van der Waals surface area contributed by atoms with Crippen molar-refractivity contribution in [1.82, 2.24) is 0 Å². The van der Waals surface area contributed by atoms with E-state index in [1.807, 2.05) is 12.1 Å². The first-order chi connectivity index (χ1) is 9.20. The van der Waals surface area contributed by atoms with Gasteiger partial charge in [0.05, 0.1) is 0 Å². The fraction of sp³-hybridized carbons (Fsp3) is 0.0667. The molecule has 0 saturated carbocycles. The summed E-state index contributed by atoms with van der Waals surface area (Å²) in [6.07, 6.45) is 0. The lowest BCUT2D eigenvalue weighted by Gasteiger charge is -2.06. The van der Waals surface area contributed by atoms with E-state index in [1.165, 1.54) is 15.6 Å². The molecule has 0 N–H and O–H groups in total. The molecule has 2 aromatic carbocycles. The number of ether oxygens (including phenoxy) is 1. The highest BCUT2D eigenvalue weighted by molar-refractivity contribution is 9.10. The third-order valence-electron chi connectivity index (χ3n) is 2.78. The SMILES string of the molecule is Brc1csc(COc2ccc3cc(Br)ccc3c2)c1. The summed E-state index contributed by atoms with van der Waals surface area (Å²) < 4.78 is 8.03. The van der Waals surface area contributed by atoms with E-state index >= 15 is 0 Å². The molecule has 0 amide bonds. The average molecular weight is 398 g/mol.